The molecule has 2 bridgehead atoms. The average Bonchev–Trinajstić information content (AvgIpc) is 2.01. The molecule has 1 nitrogen and oxygen atoms in total. The van der Waals surface area contributed by atoms with Crippen LogP contribution >= 0.6 is 0 Å². The zero-order chi connectivity index (χ0) is 8.60. The number of fused-ring (bicyclic) bond motifs is 4. The van der Waals surface area contributed by atoms with Gasteiger partial charge < -0.3 is 0 Å². The average molecular weight is 164 g/mol. The molecule has 0 N–H and O–H groups in total. The van der Waals surface area contributed by atoms with E-state index >= 15 is 0 Å². The highest BCUT2D eigenvalue weighted by Gasteiger charge is 2.38. The van der Waals surface area contributed by atoms with Crippen molar-refractivity contribution in [2.45, 2.75) is 39.0 Å². The number of Topliss-reactive ketones (excluding diaryl/α,β-unsaturated/α-hetero) is 1. The van der Waals surface area contributed by atoms with Gasteiger partial charge >= 0.3 is 0 Å². The Morgan fingerprint density at radius 2 is 2.33 bits per heavy atom. The maximum atomic E-state index is 11.7. The lowest BCUT2D eigenvalue weighted by molar-refractivity contribution is -0.131. The molecule has 0 spiro atoms. The lowest BCUT2D eigenvalue weighted by atomic mass is 9.67. The first-order chi connectivity index (χ1) is 5.71. The summed E-state index contributed by atoms with van der Waals surface area (Å²) in [5, 5.41) is 0. The van der Waals surface area contributed by atoms with Crippen molar-refractivity contribution in [3.8, 4) is 0 Å². The van der Waals surface area contributed by atoms with Gasteiger partial charge in [0.2, 0.25) is 0 Å². The molecule has 0 heterocycles. The van der Waals surface area contributed by atoms with E-state index in [1.807, 2.05) is 0 Å². The lowest BCUT2D eigenvalue weighted by Crippen LogP contribution is -2.35. The van der Waals surface area contributed by atoms with Gasteiger partial charge in [-0.05, 0) is 31.6 Å². The van der Waals surface area contributed by atoms with E-state index in [2.05, 4.69) is 19.1 Å². The SMILES string of the molecule is CC12CC/C=C\C(CC1)CC2=O. The van der Waals surface area contributed by atoms with Crippen molar-refractivity contribution in [1.29, 1.82) is 0 Å². The minimum Gasteiger partial charge on any atom is -0.299 e. The molecule has 1 saturated carbocycles. The first-order valence-corrected chi connectivity index (χ1v) is 4.91. The summed E-state index contributed by atoms with van der Waals surface area (Å²) in [4.78, 5) is 11.7. The van der Waals surface area contributed by atoms with Crippen molar-refractivity contribution in [2.24, 2.45) is 11.3 Å². The van der Waals surface area contributed by atoms with E-state index in [9.17, 15) is 4.79 Å². The summed E-state index contributed by atoms with van der Waals surface area (Å²) in [5.74, 6) is 1.06. The first-order valence-electron chi connectivity index (χ1n) is 4.91. The van der Waals surface area contributed by atoms with Crippen LogP contribution in [0.4, 0.5) is 0 Å². The zero-order valence-electron chi connectivity index (χ0n) is 7.68. The molecule has 2 unspecified atom stereocenters. The van der Waals surface area contributed by atoms with Crippen LogP contribution in [0.5, 0.6) is 0 Å². The largest absolute Gasteiger partial charge is 0.299 e. The topological polar surface area (TPSA) is 17.1 Å². The Bertz CT molecular complexity index is 229. The number of allylic oxidation sites excluding steroid dienone is 2. The van der Waals surface area contributed by atoms with Crippen LogP contribution in [0, 0.1) is 11.3 Å². The fourth-order valence-electron chi connectivity index (χ4n) is 2.35. The van der Waals surface area contributed by atoms with Gasteiger partial charge in [-0.25, -0.2) is 0 Å². The molecule has 0 radical (unpaired) electrons. The third kappa shape index (κ3) is 1.21. The Morgan fingerprint density at radius 3 is 3.08 bits per heavy atom. The number of carbonyl (C=O) groups is 1. The highest BCUT2D eigenvalue weighted by Crippen LogP contribution is 2.41. The molecular formula is C11H16O. The summed E-state index contributed by atoms with van der Waals surface area (Å²) in [6, 6.07) is 0. The number of carbonyl (C=O) groups excluding carboxylic acids is 1. The van der Waals surface area contributed by atoms with E-state index in [-0.39, 0.29) is 5.41 Å². The maximum absolute atomic E-state index is 11.7. The second-order valence-electron chi connectivity index (χ2n) is 4.45. The molecule has 0 aromatic carbocycles. The molecule has 1 fully saturated rings. The van der Waals surface area contributed by atoms with Crippen LogP contribution in [0.2, 0.25) is 0 Å². The maximum Gasteiger partial charge on any atom is 0.139 e. The predicted molar refractivity (Wildman–Crippen MR) is 48.8 cm³/mol. The highest BCUT2D eigenvalue weighted by molar-refractivity contribution is 5.85. The normalized spacial score (nSPS) is 43.8. The van der Waals surface area contributed by atoms with Gasteiger partial charge in [0.05, 0.1) is 0 Å². The van der Waals surface area contributed by atoms with Gasteiger partial charge in [0.25, 0.3) is 0 Å². The Balaban J connectivity index is 2.27. The molecular weight excluding hydrogens is 148 g/mol. The predicted octanol–water partition coefficient (Wildman–Crippen LogP) is 2.71. The third-order valence-corrected chi connectivity index (χ3v) is 3.46. The Labute approximate surface area is 73.8 Å². The molecule has 0 aromatic rings. The van der Waals surface area contributed by atoms with Gasteiger partial charge in [0.15, 0.2) is 0 Å². The van der Waals surface area contributed by atoms with Crippen molar-refractivity contribution in [3.05, 3.63) is 12.2 Å². The molecule has 0 saturated heterocycles. The van der Waals surface area contributed by atoms with Crippen molar-refractivity contribution in [2.75, 3.05) is 0 Å². The lowest BCUT2D eigenvalue weighted by Gasteiger charge is -2.36. The van der Waals surface area contributed by atoms with Crippen molar-refractivity contribution in [3.63, 3.8) is 0 Å². The minimum atomic E-state index is 0.0290. The van der Waals surface area contributed by atoms with Crippen LogP contribution < -0.4 is 0 Å². The third-order valence-electron chi connectivity index (χ3n) is 3.46. The summed E-state index contributed by atoms with van der Waals surface area (Å²) in [6.07, 6.45) is 9.80. The van der Waals surface area contributed by atoms with Gasteiger partial charge in [-0.1, -0.05) is 19.1 Å². The standard InChI is InChI=1S/C11H16O/c1-11-6-3-2-4-9(5-7-11)8-10(11)12/h2,4,9H,3,5-8H2,1H3/b4-2-. The van der Waals surface area contributed by atoms with Gasteiger partial charge in [-0.2, -0.15) is 0 Å². The van der Waals surface area contributed by atoms with E-state index < -0.39 is 0 Å². The molecule has 3 rings (SSSR count). The minimum absolute atomic E-state index is 0.0290. The van der Waals surface area contributed by atoms with Crippen LogP contribution in [-0.4, -0.2) is 5.78 Å². The second-order valence-corrected chi connectivity index (χ2v) is 4.45. The summed E-state index contributed by atoms with van der Waals surface area (Å²) >= 11 is 0. The first kappa shape index (κ1) is 8.03. The van der Waals surface area contributed by atoms with Crippen LogP contribution in [0.15, 0.2) is 12.2 Å². The molecule has 0 aromatic heterocycles. The number of hydrogen-bond acceptors (Lipinski definition) is 1. The van der Waals surface area contributed by atoms with Crippen molar-refractivity contribution < 1.29 is 4.79 Å². The molecule has 0 aliphatic heterocycles. The molecule has 12 heavy (non-hydrogen) atoms. The molecule has 2 atom stereocenters. The van der Waals surface area contributed by atoms with Crippen LogP contribution in [0.3, 0.4) is 0 Å². The Hall–Kier alpha value is -0.590. The number of ketones is 1. The smallest absolute Gasteiger partial charge is 0.139 e. The van der Waals surface area contributed by atoms with E-state index in [1.165, 1.54) is 6.42 Å². The zero-order valence-corrected chi connectivity index (χ0v) is 7.68. The van der Waals surface area contributed by atoms with Crippen LogP contribution in [-0.2, 0) is 4.79 Å². The monoisotopic (exact) mass is 164 g/mol. The summed E-state index contributed by atoms with van der Waals surface area (Å²) < 4.78 is 0. The van der Waals surface area contributed by atoms with E-state index in [1.54, 1.807) is 0 Å². The van der Waals surface area contributed by atoms with Gasteiger partial charge in [-0.15, -0.1) is 0 Å². The quantitative estimate of drug-likeness (QED) is 0.503. The van der Waals surface area contributed by atoms with E-state index in [0.717, 1.165) is 25.7 Å². The number of hydrogen-bond donors (Lipinski definition) is 0. The van der Waals surface area contributed by atoms with Crippen LogP contribution in [0.25, 0.3) is 0 Å². The van der Waals surface area contributed by atoms with E-state index in [0.29, 0.717) is 11.7 Å². The number of rotatable bonds is 0. The Morgan fingerprint density at radius 1 is 1.50 bits per heavy atom. The van der Waals surface area contributed by atoms with Crippen LogP contribution in [0.1, 0.15) is 39.0 Å². The molecule has 3 aliphatic carbocycles. The van der Waals surface area contributed by atoms with Gasteiger partial charge in [0, 0.05) is 11.8 Å². The van der Waals surface area contributed by atoms with Crippen molar-refractivity contribution >= 4 is 5.78 Å². The summed E-state index contributed by atoms with van der Waals surface area (Å²) in [5.41, 5.74) is 0.0290. The molecule has 1 heteroatoms. The second kappa shape index (κ2) is 2.72. The fourth-order valence-corrected chi connectivity index (χ4v) is 2.35. The molecule has 0 amide bonds. The Kier molecular flexibility index (Phi) is 1.82. The van der Waals surface area contributed by atoms with E-state index in [4.69, 9.17) is 0 Å². The molecule has 66 valence electrons. The molecule has 3 aliphatic rings. The summed E-state index contributed by atoms with van der Waals surface area (Å²) in [6.45, 7) is 2.14. The van der Waals surface area contributed by atoms with Crippen molar-refractivity contribution in [1.82, 2.24) is 0 Å². The summed E-state index contributed by atoms with van der Waals surface area (Å²) in [7, 11) is 0. The van der Waals surface area contributed by atoms with Gasteiger partial charge in [0.1, 0.15) is 5.78 Å². The fraction of sp³-hybridized carbons (Fsp3) is 0.727. The van der Waals surface area contributed by atoms with Gasteiger partial charge in [-0.3, -0.25) is 4.79 Å². The highest BCUT2D eigenvalue weighted by atomic mass is 16.1.